The lowest BCUT2D eigenvalue weighted by Crippen LogP contribution is -2.33. The summed E-state index contributed by atoms with van der Waals surface area (Å²) < 4.78 is 22.7. The van der Waals surface area contributed by atoms with E-state index in [4.69, 9.17) is 18.6 Å². The van der Waals surface area contributed by atoms with Gasteiger partial charge in [-0.25, -0.2) is 0 Å². The van der Waals surface area contributed by atoms with E-state index in [0.29, 0.717) is 30.3 Å². The summed E-state index contributed by atoms with van der Waals surface area (Å²) in [5, 5.41) is 0. The molecule has 2 aliphatic rings. The first kappa shape index (κ1) is 18.5. The summed E-state index contributed by atoms with van der Waals surface area (Å²) in [7, 11) is 1.69. The third kappa shape index (κ3) is 3.35. The molecule has 6 heteroatoms. The lowest BCUT2D eigenvalue weighted by atomic mass is 10.0. The number of ether oxygens (including phenoxy) is 3. The molecular formula is C24H21NO5. The Morgan fingerprint density at radius 2 is 2.03 bits per heavy atom. The Hall–Kier alpha value is -3.51. The van der Waals surface area contributed by atoms with E-state index in [-0.39, 0.29) is 11.5 Å². The monoisotopic (exact) mass is 403 g/mol. The molecule has 3 heterocycles. The molecule has 0 unspecified atom stereocenters. The van der Waals surface area contributed by atoms with Gasteiger partial charge < -0.3 is 18.6 Å². The third-order valence-electron chi connectivity index (χ3n) is 5.39. The number of benzene rings is 2. The van der Waals surface area contributed by atoms with Gasteiger partial charge in [0.1, 0.15) is 29.7 Å². The van der Waals surface area contributed by atoms with E-state index in [2.05, 4.69) is 11.0 Å². The van der Waals surface area contributed by atoms with Crippen LogP contribution in [-0.4, -0.2) is 31.1 Å². The average molecular weight is 403 g/mol. The highest BCUT2D eigenvalue weighted by Gasteiger charge is 2.33. The minimum absolute atomic E-state index is 0.143. The number of hydrogen-bond donors (Lipinski definition) is 0. The lowest BCUT2D eigenvalue weighted by molar-refractivity contribution is 0.0948. The van der Waals surface area contributed by atoms with Crippen molar-refractivity contribution in [2.45, 2.75) is 13.0 Å². The molecule has 0 bridgehead atoms. The van der Waals surface area contributed by atoms with E-state index in [9.17, 15) is 4.79 Å². The van der Waals surface area contributed by atoms with Crippen LogP contribution < -0.4 is 14.2 Å². The van der Waals surface area contributed by atoms with E-state index in [1.165, 1.54) is 0 Å². The number of furan rings is 1. The van der Waals surface area contributed by atoms with E-state index >= 15 is 0 Å². The second-order valence-corrected chi connectivity index (χ2v) is 7.26. The van der Waals surface area contributed by atoms with E-state index in [0.717, 1.165) is 35.6 Å². The highest BCUT2D eigenvalue weighted by molar-refractivity contribution is 6.14. The zero-order valence-corrected chi connectivity index (χ0v) is 16.6. The van der Waals surface area contributed by atoms with Crippen molar-refractivity contribution in [1.82, 2.24) is 4.90 Å². The minimum atomic E-state index is -0.143. The summed E-state index contributed by atoms with van der Waals surface area (Å²) in [4.78, 5) is 15.0. The first-order valence-corrected chi connectivity index (χ1v) is 9.83. The molecule has 0 N–H and O–H groups in total. The molecule has 152 valence electrons. The van der Waals surface area contributed by atoms with Crippen molar-refractivity contribution in [1.29, 1.82) is 0 Å². The predicted octanol–water partition coefficient (Wildman–Crippen LogP) is 4.30. The second-order valence-electron chi connectivity index (χ2n) is 7.26. The molecule has 0 spiro atoms. The summed E-state index contributed by atoms with van der Waals surface area (Å²) in [5.41, 5.74) is 2.61. The number of carbonyl (C=O) groups is 1. The standard InChI is InChI=1S/C24H21NO5/c1-27-20-7-3-2-5-16(20)10-11-25-14-19-21(29-15-25)9-8-18-23(26)22(30-24(18)19)13-17-6-4-12-28-17/h2-9,12-13H,10-11,14-15H2,1H3/b22-13-. The summed E-state index contributed by atoms with van der Waals surface area (Å²) >= 11 is 0. The molecule has 2 aromatic carbocycles. The number of methoxy groups -OCH3 is 1. The number of para-hydroxylation sites is 1. The first-order chi connectivity index (χ1) is 14.7. The van der Waals surface area contributed by atoms with Crippen molar-refractivity contribution in [2.75, 3.05) is 20.4 Å². The molecule has 6 nitrogen and oxygen atoms in total. The van der Waals surface area contributed by atoms with Crippen LogP contribution in [0.4, 0.5) is 0 Å². The Kier molecular flexibility index (Phi) is 4.77. The third-order valence-corrected chi connectivity index (χ3v) is 5.39. The average Bonchev–Trinajstić information content (AvgIpc) is 3.41. The maximum absolute atomic E-state index is 12.8. The molecule has 0 saturated carbocycles. The van der Waals surface area contributed by atoms with Gasteiger partial charge in [0, 0.05) is 19.2 Å². The van der Waals surface area contributed by atoms with Gasteiger partial charge in [-0.05, 0) is 42.3 Å². The number of rotatable bonds is 5. The highest BCUT2D eigenvalue weighted by atomic mass is 16.5. The van der Waals surface area contributed by atoms with Gasteiger partial charge in [0.05, 0.1) is 24.5 Å². The Morgan fingerprint density at radius 3 is 2.87 bits per heavy atom. The number of ketones is 1. The van der Waals surface area contributed by atoms with Gasteiger partial charge in [0.25, 0.3) is 0 Å². The van der Waals surface area contributed by atoms with Crippen LogP contribution >= 0.6 is 0 Å². The normalized spacial score (nSPS) is 16.7. The number of hydrogen-bond acceptors (Lipinski definition) is 6. The van der Waals surface area contributed by atoms with Crippen LogP contribution in [0, 0.1) is 0 Å². The van der Waals surface area contributed by atoms with Crippen molar-refractivity contribution in [3.05, 3.63) is 83.0 Å². The number of Topliss-reactive ketones (excluding diaryl/α,β-unsaturated/α-hetero) is 1. The molecule has 5 rings (SSSR count). The van der Waals surface area contributed by atoms with Gasteiger partial charge in [-0.3, -0.25) is 9.69 Å². The van der Waals surface area contributed by atoms with Crippen molar-refractivity contribution in [3.8, 4) is 17.2 Å². The van der Waals surface area contributed by atoms with E-state index in [1.54, 1.807) is 37.6 Å². The van der Waals surface area contributed by atoms with Crippen LogP contribution in [0.15, 0.2) is 65.0 Å². The van der Waals surface area contributed by atoms with Gasteiger partial charge in [-0.2, -0.15) is 0 Å². The maximum Gasteiger partial charge on any atom is 0.232 e. The zero-order chi connectivity index (χ0) is 20.5. The minimum Gasteiger partial charge on any atom is -0.496 e. The number of fused-ring (bicyclic) bond motifs is 3. The molecule has 0 atom stereocenters. The molecule has 0 amide bonds. The number of nitrogens with zero attached hydrogens (tertiary/aromatic N) is 1. The van der Waals surface area contributed by atoms with Crippen molar-refractivity contribution < 1.29 is 23.4 Å². The van der Waals surface area contributed by atoms with Crippen LogP contribution in [0.25, 0.3) is 6.08 Å². The molecule has 30 heavy (non-hydrogen) atoms. The molecule has 0 aliphatic carbocycles. The van der Waals surface area contributed by atoms with Gasteiger partial charge >= 0.3 is 0 Å². The smallest absolute Gasteiger partial charge is 0.232 e. The van der Waals surface area contributed by atoms with Gasteiger partial charge in [-0.15, -0.1) is 0 Å². The van der Waals surface area contributed by atoms with E-state index < -0.39 is 0 Å². The Balaban J connectivity index is 1.36. The van der Waals surface area contributed by atoms with Gasteiger partial charge in [-0.1, -0.05) is 18.2 Å². The molecule has 0 radical (unpaired) electrons. The lowest BCUT2D eigenvalue weighted by Gasteiger charge is -2.29. The predicted molar refractivity (Wildman–Crippen MR) is 111 cm³/mol. The number of allylic oxidation sites excluding steroid dienone is 1. The largest absolute Gasteiger partial charge is 0.496 e. The first-order valence-electron chi connectivity index (χ1n) is 9.83. The second kappa shape index (κ2) is 7.72. The maximum atomic E-state index is 12.8. The number of carbonyl (C=O) groups excluding carboxylic acids is 1. The van der Waals surface area contributed by atoms with Crippen LogP contribution in [0.1, 0.15) is 27.2 Å². The molecular weight excluding hydrogens is 382 g/mol. The topological polar surface area (TPSA) is 61.1 Å². The van der Waals surface area contributed by atoms with Crippen molar-refractivity contribution in [3.63, 3.8) is 0 Å². The van der Waals surface area contributed by atoms with Crippen molar-refractivity contribution in [2.24, 2.45) is 0 Å². The van der Waals surface area contributed by atoms with Crippen LogP contribution in [-0.2, 0) is 13.0 Å². The van der Waals surface area contributed by atoms with Crippen LogP contribution in [0.3, 0.4) is 0 Å². The quantitative estimate of drug-likeness (QED) is 0.592. The Bertz CT molecular complexity index is 1120. The summed E-state index contributed by atoms with van der Waals surface area (Å²) in [6.45, 7) is 1.94. The molecule has 1 aromatic heterocycles. The Labute approximate surface area is 174 Å². The molecule has 0 fully saturated rings. The van der Waals surface area contributed by atoms with Crippen LogP contribution in [0.2, 0.25) is 0 Å². The fourth-order valence-electron chi connectivity index (χ4n) is 3.84. The van der Waals surface area contributed by atoms with Crippen LogP contribution in [0.5, 0.6) is 17.2 Å². The summed E-state index contributed by atoms with van der Waals surface area (Å²) in [5.74, 6) is 2.93. The molecule has 0 saturated heterocycles. The molecule has 3 aromatic rings. The highest BCUT2D eigenvalue weighted by Crippen LogP contribution is 2.42. The van der Waals surface area contributed by atoms with E-state index in [1.807, 2.05) is 24.3 Å². The fraction of sp³-hybridized carbons (Fsp3) is 0.208. The van der Waals surface area contributed by atoms with Gasteiger partial charge in [0.15, 0.2) is 5.76 Å². The summed E-state index contributed by atoms with van der Waals surface area (Å²) in [6.07, 6.45) is 4.02. The zero-order valence-electron chi connectivity index (χ0n) is 16.6. The SMILES string of the molecule is COc1ccccc1CCN1COc2ccc3c(c2C1)O/C(=C\c1ccco1)C3=O. The molecule has 2 aliphatic heterocycles. The van der Waals surface area contributed by atoms with Gasteiger partial charge in [0.2, 0.25) is 5.78 Å². The Morgan fingerprint density at radius 1 is 1.13 bits per heavy atom. The van der Waals surface area contributed by atoms with Crippen molar-refractivity contribution >= 4 is 11.9 Å². The summed E-state index contributed by atoms with van der Waals surface area (Å²) in [6, 6.07) is 15.2. The fourth-order valence-corrected chi connectivity index (χ4v) is 3.84.